The molecule has 17 heavy (non-hydrogen) atoms. The average molecular weight is 229 g/mol. The van der Waals surface area contributed by atoms with Crippen molar-refractivity contribution in [1.29, 1.82) is 0 Å². The second-order valence-corrected chi connectivity index (χ2v) is 4.43. The van der Waals surface area contributed by atoms with Crippen LogP contribution in [-0.4, -0.2) is 9.78 Å². The molecule has 1 atom stereocenters. The van der Waals surface area contributed by atoms with Crippen molar-refractivity contribution in [1.82, 2.24) is 9.78 Å². The van der Waals surface area contributed by atoms with Crippen LogP contribution in [0.3, 0.4) is 0 Å². The van der Waals surface area contributed by atoms with Gasteiger partial charge in [0.2, 0.25) is 0 Å². The van der Waals surface area contributed by atoms with Crippen LogP contribution in [0.5, 0.6) is 0 Å². The summed E-state index contributed by atoms with van der Waals surface area (Å²) in [7, 11) is 0. The van der Waals surface area contributed by atoms with E-state index in [1.54, 1.807) is 0 Å². The van der Waals surface area contributed by atoms with Crippen molar-refractivity contribution in [2.24, 2.45) is 0 Å². The number of anilines is 1. The van der Waals surface area contributed by atoms with Gasteiger partial charge >= 0.3 is 0 Å². The number of nitrogens with zero attached hydrogens (tertiary/aromatic N) is 2. The Kier molecular flexibility index (Phi) is 3.18. The van der Waals surface area contributed by atoms with Crippen LogP contribution in [0.4, 0.5) is 5.82 Å². The molecule has 0 aliphatic rings. The van der Waals surface area contributed by atoms with E-state index < -0.39 is 0 Å². The molecule has 2 aromatic rings. The molecule has 0 saturated heterocycles. The summed E-state index contributed by atoms with van der Waals surface area (Å²) >= 11 is 0. The minimum Gasteiger partial charge on any atom is -0.384 e. The Balaban J connectivity index is 2.30. The van der Waals surface area contributed by atoms with E-state index >= 15 is 0 Å². The standard InChI is InChI=1S/C14H19N3/c1-4-12-5-7-13(8-6-12)11(3)17-14(15)9-10(2)16-17/h5-9,11H,4,15H2,1-3H3. The zero-order valence-electron chi connectivity index (χ0n) is 10.6. The van der Waals surface area contributed by atoms with Crippen molar-refractivity contribution in [2.75, 3.05) is 5.73 Å². The fraction of sp³-hybridized carbons (Fsp3) is 0.357. The van der Waals surface area contributed by atoms with Crippen LogP contribution in [0.25, 0.3) is 0 Å². The fourth-order valence-electron chi connectivity index (χ4n) is 2.02. The summed E-state index contributed by atoms with van der Waals surface area (Å²) in [6, 6.07) is 10.7. The van der Waals surface area contributed by atoms with Gasteiger partial charge in [-0.15, -0.1) is 0 Å². The van der Waals surface area contributed by atoms with E-state index in [-0.39, 0.29) is 6.04 Å². The fourth-order valence-corrected chi connectivity index (χ4v) is 2.02. The summed E-state index contributed by atoms with van der Waals surface area (Å²) in [6.07, 6.45) is 1.07. The molecule has 1 aromatic carbocycles. The Labute approximate surface area is 102 Å². The minimum atomic E-state index is 0.176. The number of hydrogen-bond acceptors (Lipinski definition) is 2. The first-order valence-corrected chi connectivity index (χ1v) is 6.02. The topological polar surface area (TPSA) is 43.8 Å². The Morgan fingerprint density at radius 1 is 1.29 bits per heavy atom. The monoisotopic (exact) mass is 229 g/mol. The Morgan fingerprint density at radius 2 is 1.94 bits per heavy atom. The van der Waals surface area contributed by atoms with Crippen LogP contribution >= 0.6 is 0 Å². The Morgan fingerprint density at radius 3 is 2.41 bits per heavy atom. The van der Waals surface area contributed by atoms with Gasteiger partial charge < -0.3 is 5.73 Å². The maximum atomic E-state index is 5.94. The van der Waals surface area contributed by atoms with Crippen molar-refractivity contribution in [3.8, 4) is 0 Å². The molecule has 3 heteroatoms. The third kappa shape index (κ3) is 2.33. The van der Waals surface area contributed by atoms with Crippen LogP contribution in [-0.2, 0) is 6.42 Å². The van der Waals surface area contributed by atoms with Gasteiger partial charge in [-0.3, -0.25) is 0 Å². The SMILES string of the molecule is CCc1ccc(C(C)n2nc(C)cc2N)cc1. The van der Waals surface area contributed by atoms with Gasteiger partial charge in [0, 0.05) is 6.07 Å². The second-order valence-electron chi connectivity index (χ2n) is 4.43. The molecule has 0 spiro atoms. The zero-order valence-corrected chi connectivity index (χ0v) is 10.6. The molecular weight excluding hydrogens is 210 g/mol. The lowest BCUT2D eigenvalue weighted by atomic mass is 10.1. The largest absolute Gasteiger partial charge is 0.384 e. The van der Waals surface area contributed by atoms with E-state index in [2.05, 4.69) is 43.2 Å². The maximum Gasteiger partial charge on any atom is 0.122 e. The summed E-state index contributed by atoms with van der Waals surface area (Å²) in [5, 5.41) is 4.42. The van der Waals surface area contributed by atoms with E-state index in [0.29, 0.717) is 0 Å². The number of aromatic nitrogens is 2. The molecule has 0 aliphatic carbocycles. The summed E-state index contributed by atoms with van der Waals surface area (Å²) in [5.41, 5.74) is 9.48. The average Bonchev–Trinajstić information content (AvgIpc) is 2.68. The van der Waals surface area contributed by atoms with Gasteiger partial charge in [-0.1, -0.05) is 31.2 Å². The molecule has 0 fully saturated rings. The van der Waals surface area contributed by atoms with Crippen LogP contribution in [0.1, 0.15) is 36.7 Å². The van der Waals surface area contributed by atoms with Crippen LogP contribution in [0, 0.1) is 6.92 Å². The molecule has 0 amide bonds. The summed E-state index contributed by atoms with van der Waals surface area (Å²) < 4.78 is 1.87. The van der Waals surface area contributed by atoms with E-state index in [9.17, 15) is 0 Å². The van der Waals surface area contributed by atoms with Crippen molar-refractivity contribution < 1.29 is 0 Å². The van der Waals surface area contributed by atoms with Crippen LogP contribution < -0.4 is 5.73 Å². The van der Waals surface area contributed by atoms with Gasteiger partial charge in [0.25, 0.3) is 0 Å². The highest BCUT2D eigenvalue weighted by Gasteiger charge is 2.11. The zero-order chi connectivity index (χ0) is 12.4. The Hall–Kier alpha value is -1.77. The van der Waals surface area contributed by atoms with Gasteiger partial charge in [-0.2, -0.15) is 5.10 Å². The molecule has 3 nitrogen and oxygen atoms in total. The van der Waals surface area contributed by atoms with E-state index in [1.165, 1.54) is 11.1 Å². The molecule has 1 aromatic heterocycles. The summed E-state index contributed by atoms with van der Waals surface area (Å²) in [4.78, 5) is 0. The highest BCUT2D eigenvalue weighted by Crippen LogP contribution is 2.21. The van der Waals surface area contributed by atoms with Gasteiger partial charge in [0.1, 0.15) is 5.82 Å². The molecule has 0 radical (unpaired) electrons. The van der Waals surface area contributed by atoms with Gasteiger partial charge in [0.15, 0.2) is 0 Å². The molecule has 2 N–H and O–H groups in total. The van der Waals surface area contributed by atoms with Gasteiger partial charge in [-0.25, -0.2) is 4.68 Å². The number of aryl methyl sites for hydroxylation is 2. The number of nitrogen functional groups attached to an aromatic ring is 1. The van der Waals surface area contributed by atoms with E-state index in [0.717, 1.165) is 17.9 Å². The number of nitrogens with two attached hydrogens (primary N) is 1. The molecule has 90 valence electrons. The maximum absolute atomic E-state index is 5.94. The van der Waals surface area contributed by atoms with E-state index in [4.69, 9.17) is 5.73 Å². The normalized spacial score (nSPS) is 12.6. The van der Waals surface area contributed by atoms with Gasteiger partial charge in [0.05, 0.1) is 11.7 Å². The Bertz CT molecular complexity index is 497. The van der Waals surface area contributed by atoms with E-state index in [1.807, 2.05) is 17.7 Å². The predicted molar refractivity (Wildman–Crippen MR) is 71.0 cm³/mol. The number of hydrogen-bond donors (Lipinski definition) is 1. The van der Waals surface area contributed by atoms with Crippen molar-refractivity contribution in [3.05, 3.63) is 47.2 Å². The highest BCUT2D eigenvalue weighted by atomic mass is 15.3. The minimum absolute atomic E-state index is 0.176. The lowest BCUT2D eigenvalue weighted by Crippen LogP contribution is -2.11. The highest BCUT2D eigenvalue weighted by molar-refractivity contribution is 5.34. The third-order valence-electron chi connectivity index (χ3n) is 3.12. The smallest absolute Gasteiger partial charge is 0.122 e. The molecule has 0 aliphatic heterocycles. The van der Waals surface area contributed by atoms with Gasteiger partial charge in [-0.05, 0) is 31.4 Å². The van der Waals surface area contributed by atoms with Crippen molar-refractivity contribution in [3.63, 3.8) is 0 Å². The van der Waals surface area contributed by atoms with Crippen LogP contribution in [0.2, 0.25) is 0 Å². The molecular formula is C14H19N3. The van der Waals surface area contributed by atoms with Crippen LogP contribution in [0.15, 0.2) is 30.3 Å². The number of benzene rings is 1. The molecule has 2 rings (SSSR count). The molecule has 0 saturated carbocycles. The first-order valence-electron chi connectivity index (χ1n) is 6.02. The first kappa shape index (κ1) is 11.7. The first-order chi connectivity index (χ1) is 8.11. The number of rotatable bonds is 3. The second kappa shape index (κ2) is 4.62. The predicted octanol–water partition coefficient (Wildman–Crippen LogP) is 2.95. The molecule has 0 bridgehead atoms. The quantitative estimate of drug-likeness (QED) is 0.879. The molecule has 1 heterocycles. The lowest BCUT2D eigenvalue weighted by molar-refractivity contribution is 0.569. The summed E-state index contributed by atoms with van der Waals surface area (Å²) in [6.45, 7) is 6.23. The van der Waals surface area contributed by atoms with Crippen molar-refractivity contribution >= 4 is 5.82 Å². The third-order valence-corrected chi connectivity index (χ3v) is 3.12. The van der Waals surface area contributed by atoms with Crippen molar-refractivity contribution in [2.45, 2.75) is 33.2 Å². The lowest BCUT2D eigenvalue weighted by Gasteiger charge is -2.14. The summed E-state index contributed by atoms with van der Waals surface area (Å²) in [5.74, 6) is 0.717. The molecule has 1 unspecified atom stereocenters.